The van der Waals surface area contributed by atoms with E-state index in [-0.39, 0.29) is 5.91 Å². The molecular weight excluding hydrogens is 284 g/mol. The van der Waals surface area contributed by atoms with Crippen LogP contribution < -0.4 is 5.32 Å². The molecule has 0 spiro atoms. The molecule has 23 heavy (non-hydrogen) atoms. The first-order chi connectivity index (χ1) is 11.1. The molecule has 1 amide bonds. The number of carbonyl (C=O) groups is 1. The number of amides is 1. The van der Waals surface area contributed by atoms with Crippen LogP contribution in [0.15, 0.2) is 48.7 Å². The van der Waals surface area contributed by atoms with E-state index in [4.69, 9.17) is 0 Å². The summed E-state index contributed by atoms with van der Waals surface area (Å²) < 4.78 is 2.13. The molecule has 0 aliphatic heterocycles. The highest BCUT2D eigenvalue weighted by Gasteiger charge is 2.08. The largest absolute Gasteiger partial charge is 0.352 e. The molecular formula is C20H22N2O. The molecule has 0 bridgehead atoms. The molecule has 3 nitrogen and oxygen atoms in total. The lowest BCUT2D eigenvalue weighted by Crippen LogP contribution is -2.25. The van der Waals surface area contributed by atoms with Crippen molar-refractivity contribution in [3.8, 4) is 0 Å². The van der Waals surface area contributed by atoms with Crippen LogP contribution in [-0.2, 0) is 13.5 Å². The molecule has 3 rings (SSSR count). The Morgan fingerprint density at radius 2 is 1.87 bits per heavy atom. The van der Waals surface area contributed by atoms with Crippen LogP contribution in [0, 0.1) is 13.8 Å². The average molecular weight is 306 g/mol. The number of nitrogens with zero attached hydrogens (tertiary/aromatic N) is 1. The van der Waals surface area contributed by atoms with Gasteiger partial charge in [-0.25, -0.2) is 0 Å². The number of hydrogen-bond donors (Lipinski definition) is 1. The minimum absolute atomic E-state index is 0.00617. The lowest BCUT2D eigenvalue weighted by molar-refractivity contribution is 0.0954. The van der Waals surface area contributed by atoms with Crippen molar-refractivity contribution in [1.29, 1.82) is 0 Å². The molecule has 0 saturated heterocycles. The van der Waals surface area contributed by atoms with Gasteiger partial charge in [0, 0.05) is 36.3 Å². The van der Waals surface area contributed by atoms with Crippen LogP contribution in [0.4, 0.5) is 0 Å². The highest BCUT2D eigenvalue weighted by molar-refractivity contribution is 5.94. The van der Waals surface area contributed by atoms with Crippen molar-refractivity contribution in [2.24, 2.45) is 7.05 Å². The smallest absolute Gasteiger partial charge is 0.251 e. The maximum absolute atomic E-state index is 12.3. The maximum atomic E-state index is 12.3. The normalized spacial score (nSPS) is 10.9. The molecule has 0 atom stereocenters. The number of rotatable bonds is 4. The third-order valence-corrected chi connectivity index (χ3v) is 4.43. The second-order valence-electron chi connectivity index (χ2n) is 6.09. The first-order valence-electron chi connectivity index (χ1n) is 7.94. The monoisotopic (exact) mass is 306 g/mol. The van der Waals surface area contributed by atoms with Crippen molar-refractivity contribution in [2.75, 3.05) is 6.54 Å². The number of aryl methyl sites for hydroxylation is 3. The van der Waals surface area contributed by atoms with Crippen molar-refractivity contribution in [1.82, 2.24) is 9.88 Å². The van der Waals surface area contributed by atoms with E-state index < -0.39 is 0 Å². The fraction of sp³-hybridized carbons (Fsp3) is 0.250. The van der Waals surface area contributed by atoms with Gasteiger partial charge in [0.25, 0.3) is 5.91 Å². The number of hydrogen-bond acceptors (Lipinski definition) is 1. The van der Waals surface area contributed by atoms with Gasteiger partial charge in [-0.15, -0.1) is 0 Å². The Labute approximate surface area is 136 Å². The van der Waals surface area contributed by atoms with Gasteiger partial charge in [0.05, 0.1) is 0 Å². The van der Waals surface area contributed by atoms with Crippen LogP contribution in [0.2, 0.25) is 0 Å². The third kappa shape index (κ3) is 3.14. The summed E-state index contributed by atoms with van der Waals surface area (Å²) in [6.45, 7) is 4.72. The van der Waals surface area contributed by atoms with E-state index in [9.17, 15) is 4.79 Å². The lowest BCUT2D eigenvalue weighted by Gasteiger charge is -2.07. The Hall–Kier alpha value is -2.55. The molecule has 0 radical (unpaired) electrons. The summed E-state index contributed by atoms with van der Waals surface area (Å²) in [6.07, 6.45) is 2.98. The number of carbonyl (C=O) groups excluding carboxylic acids is 1. The Morgan fingerprint density at radius 3 is 2.65 bits per heavy atom. The van der Waals surface area contributed by atoms with Gasteiger partial charge in [-0.05, 0) is 55.2 Å². The molecule has 0 aliphatic rings. The summed E-state index contributed by atoms with van der Waals surface area (Å²) in [7, 11) is 2.06. The van der Waals surface area contributed by atoms with Crippen LogP contribution >= 0.6 is 0 Å². The van der Waals surface area contributed by atoms with Crippen molar-refractivity contribution < 1.29 is 4.79 Å². The molecule has 0 fully saturated rings. The van der Waals surface area contributed by atoms with Crippen molar-refractivity contribution in [2.45, 2.75) is 20.3 Å². The van der Waals surface area contributed by atoms with Crippen LogP contribution in [0.1, 0.15) is 27.0 Å². The van der Waals surface area contributed by atoms with Gasteiger partial charge in [0.15, 0.2) is 0 Å². The molecule has 1 aromatic heterocycles. The molecule has 1 N–H and O–H groups in total. The summed E-state index contributed by atoms with van der Waals surface area (Å²) >= 11 is 0. The number of aromatic nitrogens is 1. The summed E-state index contributed by atoms with van der Waals surface area (Å²) in [6, 6.07) is 14.2. The van der Waals surface area contributed by atoms with E-state index in [1.165, 1.54) is 22.0 Å². The van der Waals surface area contributed by atoms with Gasteiger partial charge in [-0.3, -0.25) is 4.79 Å². The van der Waals surface area contributed by atoms with Gasteiger partial charge < -0.3 is 9.88 Å². The molecule has 1 heterocycles. The van der Waals surface area contributed by atoms with Crippen LogP contribution in [-0.4, -0.2) is 17.0 Å². The maximum Gasteiger partial charge on any atom is 0.251 e. The summed E-state index contributed by atoms with van der Waals surface area (Å²) in [5, 5.41) is 4.28. The van der Waals surface area contributed by atoms with E-state index in [0.717, 1.165) is 17.5 Å². The topological polar surface area (TPSA) is 34.0 Å². The van der Waals surface area contributed by atoms with Gasteiger partial charge in [-0.1, -0.05) is 24.3 Å². The molecule has 118 valence electrons. The first-order valence-corrected chi connectivity index (χ1v) is 7.94. The number of fused-ring (bicyclic) bond motifs is 1. The number of para-hydroxylation sites is 1. The summed E-state index contributed by atoms with van der Waals surface area (Å²) in [4.78, 5) is 12.3. The van der Waals surface area contributed by atoms with Crippen LogP contribution in [0.5, 0.6) is 0 Å². The van der Waals surface area contributed by atoms with Crippen molar-refractivity contribution in [3.05, 3.63) is 70.9 Å². The van der Waals surface area contributed by atoms with E-state index in [0.29, 0.717) is 6.54 Å². The van der Waals surface area contributed by atoms with Gasteiger partial charge >= 0.3 is 0 Å². The second kappa shape index (κ2) is 6.29. The Kier molecular flexibility index (Phi) is 4.20. The first kappa shape index (κ1) is 15.3. The minimum Gasteiger partial charge on any atom is -0.352 e. The SMILES string of the molecule is Cc1ccc(C(=O)NCCc2cn(C)c3ccccc23)cc1C. The van der Waals surface area contributed by atoms with Crippen LogP contribution in [0.3, 0.4) is 0 Å². The minimum atomic E-state index is -0.00617. The quantitative estimate of drug-likeness (QED) is 0.782. The Balaban J connectivity index is 1.66. The number of benzene rings is 2. The summed E-state index contributed by atoms with van der Waals surface area (Å²) in [5.41, 5.74) is 5.57. The molecule has 3 aromatic rings. The highest BCUT2D eigenvalue weighted by atomic mass is 16.1. The van der Waals surface area contributed by atoms with Gasteiger partial charge in [0.2, 0.25) is 0 Å². The van der Waals surface area contributed by atoms with Crippen molar-refractivity contribution in [3.63, 3.8) is 0 Å². The highest BCUT2D eigenvalue weighted by Crippen LogP contribution is 2.20. The zero-order valence-corrected chi connectivity index (χ0v) is 13.9. The summed E-state index contributed by atoms with van der Waals surface area (Å²) in [5.74, 6) is -0.00617. The molecule has 0 unspecified atom stereocenters. The Bertz CT molecular complexity index is 861. The van der Waals surface area contributed by atoms with Gasteiger partial charge in [-0.2, -0.15) is 0 Å². The van der Waals surface area contributed by atoms with Crippen molar-refractivity contribution >= 4 is 16.8 Å². The average Bonchev–Trinajstić information content (AvgIpc) is 2.87. The molecule has 0 saturated carbocycles. The Morgan fingerprint density at radius 1 is 1.09 bits per heavy atom. The predicted molar refractivity (Wildman–Crippen MR) is 94.9 cm³/mol. The van der Waals surface area contributed by atoms with Gasteiger partial charge in [0.1, 0.15) is 0 Å². The standard InChI is InChI=1S/C20H22N2O/c1-14-8-9-16(12-15(14)2)20(23)21-11-10-17-13-22(3)19-7-5-4-6-18(17)19/h4-9,12-13H,10-11H2,1-3H3,(H,21,23). The molecule has 3 heteroatoms. The van der Waals surface area contributed by atoms with E-state index in [1.807, 2.05) is 31.2 Å². The zero-order valence-electron chi connectivity index (χ0n) is 13.9. The fourth-order valence-corrected chi connectivity index (χ4v) is 2.92. The van der Waals surface area contributed by atoms with E-state index in [2.05, 4.69) is 48.3 Å². The number of nitrogens with one attached hydrogen (secondary N) is 1. The van der Waals surface area contributed by atoms with Crippen LogP contribution in [0.25, 0.3) is 10.9 Å². The fourth-order valence-electron chi connectivity index (χ4n) is 2.92. The second-order valence-corrected chi connectivity index (χ2v) is 6.09. The third-order valence-electron chi connectivity index (χ3n) is 4.43. The lowest BCUT2D eigenvalue weighted by atomic mass is 10.1. The predicted octanol–water partition coefficient (Wildman–Crippen LogP) is 3.77. The molecule has 0 aliphatic carbocycles. The van der Waals surface area contributed by atoms with E-state index in [1.54, 1.807) is 0 Å². The zero-order chi connectivity index (χ0) is 16.4. The molecule has 2 aromatic carbocycles. The van der Waals surface area contributed by atoms with E-state index >= 15 is 0 Å².